The Morgan fingerprint density at radius 2 is 1.96 bits per heavy atom. The molecule has 0 aliphatic carbocycles. The third kappa shape index (κ3) is 2.58. The number of para-hydroxylation sites is 1. The fourth-order valence-corrected chi connectivity index (χ4v) is 2.96. The summed E-state index contributed by atoms with van der Waals surface area (Å²) in [5.41, 5.74) is 3.00. The minimum absolute atomic E-state index is 0.197. The summed E-state index contributed by atoms with van der Waals surface area (Å²) in [5.74, 6) is 3.09. The van der Waals surface area contributed by atoms with Crippen LogP contribution < -0.4 is 19.5 Å². The van der Waals surface area contributed by atoms with Crippen LogP contribution in [0.3, 0.4) is 0 Å². The van der Waals surface area contributed by atoms with Crippen molar-refractivity contribution in [1.29, 1.82) is 0 Å². The molecule has 0 bridgehead atoms. The molecule has 2 aromatic rings. The van der Waals surface area contributed by atoms with Crippen molar-refractivity contribution in [3.8, 4) is 17.2 Å². The molecule has 0 saturated carbocycles. The molecule has 5 nitrogen and oxygen atoms in total. The molecule has 0 spiro atoms. The van der Waals surface area contributed by atoms with Crippen molar-refractivity contribution in [3.63, 3.8) is 0 Å². The Morgan fingerprint density at radius 1 is 1.12 bits per heavy atom. The number of amidine groups is 1. The van der Waals surface area contributed by atoms with Crippen LogP contribution in [0.15, 0.2) is 53.0 Å². The van der Waals surface area contributed by atoms with Crippen LogP contribution in [0.4, 0.5) is 5.69 Å². The minimum Gasteiger partial charge on any atom is -0.496 e. The van der Waals surface area contributed by atoms with Crippen LogP contribution in [-0.2, 0) is 0 Å². The van der Waals surface area contributed by atoms with Gasteiger partial charge in [0.15, 0.2) is 6.23 Å². The van der Waals surface area contributed by atoms with Gasteiger partial charge in [0, 0.05) is 18.6 Å². The molecule has 2 heterocycles. The lowest BCUT2D eigenvalue weighted by molar-refractivity contribution is 0.225. The summed E-state index contributed by atoms with van der Waals surface area (Å²) in [5, 5.41) is 3.34. The lowest BCUT2D eigenvalue weighted by atomic mass is 10.0. The van der Waals surface area contributed by atoms with Crippen LogP contribution in [0.5, 0.6) is 17.2 Å². The van der Waals surface area contributed by atoms with Gasteiger partial charge in [0.1, 0.15) is 23.1 Å². The second kappa shape index (κ2) is 5.92. The largest absolute Gasteiger partial charge is 0.496 e. The second-order valence-corrected chi connectivity index (χ2v) is 5.67. The number of nitrogens with zero attached hydrogens (tertiary/aromatic N) is 1. The van der Waals surface area contributed by atoms with Gasteiger partial charge in [0.05, 0.1) is 25.5 Å². The molecule has 1 N–H and O–H groups in total. The van der Waals surface area contributed by atoms with E-state index in [0.717, 1.165) is 40.6 Å². The van der Waals surface area contributed by atoms with Crippen molar-refractivity contribution in [1.82, 2.24) is 5.32 Å². The summed E-state index contributed by atoms with van der Waals surface area (Å²) in [6.45, 7) is 0. The highest BCUT2D eigenvalue weighted by molar-refractivity contribution is 5.92. The van der Waals surface area contributed by atoms with Gasteiger partial charge in [-0.25, -0.2) is 4.99 Å². The van der Waals surface area contributed by atoms with E-state index in [4.69, 9.17) is 14.2 Å². The third-order valence-corrected chi connectivity index (χ3v) is 4.13. The maximum atomic E-state index is 6.09. The highest BCUT2D eigenvalue weighted by Gasteiger charge is 2.32. The SMILES string of the molecule is COc1cc(OC)c2c(c1)OC1N/C(=N\c3ccccc3)CC1=C2. The first-order valence-corrected chi connectivity index (χ1v) is 7.79. The van der Waals surface area contributed by atoms with E-state index >= 15 is 0 Å². The molecule has 2 aliphatic rings. The van der Waals surface area contributed by atoms with Gasteiger partial charge < -0.3 is 19.5 Å². The molecule has 122 valence electrons. The first kappa shape index (κ1) is 14.6. The number of ether oxygens (including phenoxy) is 3. The molecule has 1 saturated heterocycles. The van der Waals surface area contributed by atoms with Crippen LogP contribution in [0.25, 0.3) is 6.08 Å². The predicted octanol–water partition coefficient (Wildman–Crippen LogP) is 3.53. The fourth-order valence-electron chi connectivity index (χ4n) is 2.96. The molecule has 1 unspecified atom stereocenters. The van der Waals surface area contributed by atoms with Gasteiger partial charge in [0.25, 0.3) is 0 Å². The van der Waals surface area contributed by atoms with Gasteiger partial charge >= 0.3 is 0 Å². The second-order valence-electron chi connectivity index (χ2n) is 5.67. The molecular weight excluding hydrogens is 304 g/mol. The zero-order valence-electron chi connectivity index (χ0n) is 13.6. The highest BCUT2D eigenvalue weighted by atomic mass is 16.5. The molecule has 0 radical (unpaired) electrons. The van der Waals surface area contributed by atoms with Crippen molar-refractivity contribution < 1.29 is 14.2 Å². The molecule has 24 heavy (non-hydrogen) atoms. The standard InChI is InChI=1S/C19H18N2O3/c1-22-14-10-16(23-2)15-8-12-9-18(20-13-6-4-3-5-7-13)21-19(12)24-17(15)11-14/h3-8,10-11,19H,9H2,1-2H3,(H,20,21). The summed E-state index contributed by atoms with van der Waals surface area (Å²) in [6, 6.07) is 13.6. The Morgan fingerprint density at radius 3 is 2.71 bits per heavy atom. The Hall–Kier alpha value is -2.95. The molecule has 1 fully saturated rings. The quantitative estimate of drug-likeness (QED) is 0.939. The number of nitrogens with one attached hydrogen (secondary N) is 1. The summed E-state index contributed by atoms with van der Waals surface area (Å²) in [6.07, 6.45) is 2.65. The van der Waals surface area contributed by atoms with Crippen molar-refractivity contribution in [2.24, 2.45) is 4.99 Å². The van der Waals surface area contributed by atoms with Crippen LogP contribution in [-0.4, -0.2) is 26.3 Å². The number of fused-ring (bicyclic) bond motifs is 2. The summed E-state index contributed by atoms with van der Waals surface area (Å²) >= 11 is 0. The van der Waals surface area contributed by atoms with E-state index in [1.165, 1.54) is 0 Å². The topological polar surface area (TPSA) is 52.1 Å². The number of benzene rings is 2. The van der Waals surface area contributed by atoms with Crippen molar-refractivity contribution in [3.05, 3.63) is 53.6 Å². The first-order chi connectivity index (χ1) is 11.8. The monoisotopic (exact) mass is 322 g/mol. The zero-order valence-corrected chi connectivity index (χ0v) is 13.6. The maximum absolute atomic E-state index is 6.09. The molecular formula is C19H18N2O3. The molecule has 1 atom stereocenters. The summed E-state index contributed by atoms with van der Waals surface area (Å²) < 4.78 is 16.9. The van der Waals surface area contributed by atoms with Gasteiger partial charge in [-0.3, -0.25) is 0 Å². The van der Waals surface area contributed by atoms with E-state index in [9.17, 15) is 0 Å². The number of rotatable bonds is 3. The highest BCUT2D eigenvalue weighted by Crippen LogP contribution is 2.41. The Balaban J connectivity index is 1.66. The zero-order chi connectivity index (χ0) is 16.5. The first-order valence-electron chi connectivity index (χ1n) is 7.79. The van der Waals surface area contributed by atoms with E-state index in [-0.39, 0.29) is 6.23 Å². The third-order valence-electron chi connectivity index (χ3n) is 4.13. The minimum atomic E-state index is -0.197. The Bertz CT molecular complexity index is 828. The lowest BCUT2D eigenvalue weighted by Gasteiger charge is -2.24. The van der Waals surface area contributed by atoms with Gasteiger partial charge in [-0.15, -0.1) is 0 Å². The molecule has 2 aliphatic heterocycles. The van der Waals surface area contributed by atoms with Crippen LogP contribution in [0.1, 0.15) is 12.0 Å². The number of aliphatic imine (C=N–C) groups is 1. The van der Waals surface area contributed by atoms with Crippen molar-refractivity contribution in [2.75, 3.05) is 14.2 Å². The van der Waals surface area contributed by atoms with Gasteiger partial charge in [-0.2, -0.15) is 0 Å². The Labute approximate surface area is 140 Å². The predicted molar refractivity (Wildman–Crippen MR) is 93.2 cm³/mol. The number of hydrogen-bond acceptors (Lipinski definition) is 4. The smallest absolute Gasteiger partial charge is 0.194 e. The number of methoxy groups -OCH3 is 2. The van der Waals surface area contributed by atoms with E-state index < -0.39 is 0 Å². The van der Waals surface area contributed by atoms with Crippen molar-refractivity contribution >= 4 is 17.6 Å². The van der Waals surface area contributed by atoms with Gasteiger partial charge in [-0.05, 0) is 23.8 Å². The van der Waals surface area contributed by atoms with E-state index in [1.54, 1.807) is 14.2 Å². The Kier molecular flexibility index (Phi) is 3.61. The summed E-state index contributed by atoms with van der Waals surface area (Å²) in [7, 11) is 3.28. The molecule has 0 amide bonds. The maximum Gasteiger partial charge on any atom is 0.194 e. The average molecular weight is 322 g/mol. The average Bonchev–Trinajstić information content (AvgIpc) is 3.00. The fraction of sp³-hybridized carbons (Fsp3) is 0.211. The molecule has 0 aromatic heterocycles. The van der Waals surface area contributed by atoms with Gasteiger partial charge in [0.2, 0.25) is 0 Å². The van der Waals surface area contributed by atoms with Crippen LogP contribution >= 0.6 is 0 Å². The van der Waals surface area contributed by atoms with Crippen LogP contribution in [0, 0.1) is 0 Å². The van der Waals surface area contributed by atoms with Crippen molar-refractivity contribution in [2.45, 2.75) is 12.6 Å². The van der Waals surface area contributed by atoms with Crippen LogP contribution in [0.2, 0.25) is 0 Å². The van der Waals surface area contributed by atoms with E-state index in [2.05, 4.69) is 16.4 Å². The summed E-state index contributed by atoms with van der Waals surface area (Å²) in [4.78, 5) is 4.65. The van der Waals surface area contributed by atoms with Gasteiger partial charge in [-0.1, -0.05) is 18.2 Å². The lowest BCUT2D eigenvalue weighted by Crippen LogP contribution is -2.33. The molecule has 4 rings (SSSR count). The number of hydrogen-bond donors (Lipinski definition) is 1. The normalized spacial score (nSPS) is 19.7. The molecule has 5 heteroatoms. The van der Waals surface area contributed by atoms with E-state index in [0.29, 0.717) is 5.75 Å². The molecule has 2 aromatic carbocycles. The van der Waals surface area contributed by atoms with E-state index in [1.807, 2.05) is 42.5 Å².